The van der Waals surface area contributed by atoms with Gasteiger partial charge >= 0.3 is 0 Å². The summed E-state index contributed by atoms with van der Waals surface area (Å²) in [6.07, 6.45) is 4.08. The van der Waals surface area contributed by atoms with E-state index in [4.69, 9.17) is 16.9 Å². The van der Waals surface area contributed by atoms with Crippen LogP contribution < -0.4 is 0 Å². The molecule has 1 heterocycles. The lowest BCUT2D eigenvalue weighted by Crippen LogP contribution is -2.09. The molecule has 0 radical (unpaired) electrons. The van der Waals surface area contributed by atoms with E-state index < -0.39 is 0 Å². The van der Waals surface area contributed by atoms with E-state index in [1.807, 2.05) is 0 Å². The summed E-state index contributed by atoms with van der Waals surface area (Å²) in [5, 5.41) is 16.9. The van der Waals surface area contributed by atoms with Gasteiger partial charge in [-0.2, -0.15) is 10.4 Å². The number of aromatic nitrogens is 2. The van der Waals surface area contributed by atoms with Gasteiger partial charge in [-0.05, 0) is 31.2 Å². The highest BCUT2D eigenvalue weighted by Crippen LogP contribution is 2.25. The summed E-state index contributed by atoms with van der Waals surface area (Å²) in [7, 11) is 0. The van der Waals surface area contributed by atoms with Gasteiger partial charge in [0.25, 0.3) is 0 Å². The van der Waals surface area contributed by atoms with Crippen molar-refractivity contribution in [1.29, 1.82) is 5.26 Å². The second-order valence-corrected chi connectivity index (χ2v) is 3.47. The average molecular weight is 194 g/mol. The molecule has 0 fully saturated rings. The quantitative estimate of drug-likeness (QED) is 0.632. The summed E-state index contributed by atoms with van der Waals surface area (Å²) in [5.74, 6) is 0. The minimum Gasteiger partial charge on any atom is -0.192 e. The summed E-state index contributed by atoms with van der Waals surface area (Å²) in [6.45, 7) is 0. The molecule has 66 valence electrons. The monoisotopic (exact) mass is 193 g/mol. The molecule has 0 spiro atoms. The average Bonchev–Trinajstić information content (AvgIpc) is 2.18. The molecular formula is C9H8ClN3. The van der Waals surface area contributed by atoms with Gasteiger partial charge in [0.1, 0.15) is 6.07 Å². The summed E-state index contributed by atoms with van der Waals surface area (Å²) in [6, 6.07) is 2.09. The minimum absolute atomic E-state index is 0.239. The van der Waals surface area contributed by atoms with E-state index >= 15 is 0 Å². The Balaban J connectivity index is 2.60. The van der Waals surface area contributed by atoms with Crippen LogP contribution in [0.4, 0.5) is 0 Å². The van der Waals surface area contributed by atoms with Gasteiger partial charge in [0, 0.05) is 0 Å². The fourth-order valence-corrected chi connectivity index (χ4v) is 1.86. The number of halogens is 1. The smallest absolute Gasteiger partial charge is 0.169 e. The largest absolute Gasteiger partial charge is 0.192 e. The van der Waals surface area contributed by atoms with Crippen molar-refractivity contribution in [3.05, 3.63) is 22.0 Å². The Morgan fingerprint density at radius 3 is 2.77 bits per heavy atom. The summed E-state index contributed by atoms with van der Waals surface area (Å²) >= 11 is 5.77. The molecule has 2 rings (SSSR count). The van der Waals surface area contributed by atoms with Crippen molar-refractivity contribution in [3.8, 4) is 6.07 Å². The van der Waals surface area contributed by atoms with Crippen molar-refractivity contribution >= 4 is 11.6 Å². The predicted octanol–water partition coefficient (Wildman–Crippen LogP) is 1.88. The standard InChI is InChI=1S/C9H8ClN3/c10-9-7(5-11)6-3-1-2-4-8(6)12-13-9/h1-4H2. The van der Waals surface area contributed by atoms with Gasteiger partial charge in [-0.3, -0.25) is 0 Å². The lowest BCUT2D eigenvalue weighted by Gasteiger charge is -2.14. The highest BCUT2D eigenvalue weighted by Gasteiger charge is 2.17. The van der Waals surface area contributed by atoms with E-state index in [2.05, 4.69) is 16.3 Å². The number of nitrogens with zero attached hydrogens (tertiary/aromatic N) is 3. The molecule has 1 aromatic heterocycles. The molecular weight excluding hydrogens is 186 g/mol. The fraction of sp³-hybridized carbons (Fsp3) is 0.444. The maximum atomic E-state index is 8.87. The number of rotatable bonds is 0. The van der Waals surface area contributed by atoms with Gasteiger partial charge in [0.05, 0.1) is 11.3 Å². The summed E-state index contributed by atoms with van der Waals surface area (Å²) < 4.78 is 0. The van der Waals surface area contributed by atoms with Gasteiger partial charge in [0.15, 0.2) is 5.15 Å². The van der Waals surface area contributed by atoms with Crippen LogP contribution in [0.5, 0.6) is 0 Å². The highest BCUT2D eigenvalue weighted by molar-refractivity contribution is 6.30. The van der Waals surface area contributed by atoms with Crippen molar-refractivity contribution in [1.82, 2.24) is 10.2 Å². The van der Waals surface area contributed by atoms with E-state index in [9.17, 15) is 0 Å². The van der Waals surface area contributed by atoms with Gasteiger partial charge in [-0.15, -0.1) is 5.10 Å². The Morgan fingerprint density at radius 1 is 1.23 bits per heavy atom. The first-order chi connectivity index (χ1) is 6.33. The molecule has 1 aromatic rings. The van der Waals surface area contributed by atoms with E-state index in [0.29, 0.717) is 5.56 Å². The molecule has 0 aliphatic heterocycles. The molecule has 0 N–H and O–H groups in total. The van der Waals surface area contributed by atoms with Crippen LogP contribution in [-0.2, 0) is 12.8 Å². The molecule has 0 atom stereocenters. The SMILES string of the molecule is N#Cc1c(Cl)nnc2c1CCCC2. The van der Waals surface area contributed by atoms with Crippen LogP contribution in [0.15, 0.2) is 0 Å². The van der Waals surface area contributed by atoms with Crippen molar-refractivity contribution in [2.75, 3.05) is 0 Å². The van der Waals surface area contributed by atoms with Crippen molar-refractivity contribution < 1.29 is 0 Å². The van der Waals surface area contributed by atoms with Crippen LogP contribution >= 0.6 is 11.6 Å². The Kier molecular flexibility index (Phi) is 2.15. The molecule has 13 heavy (non-hydrogen) atoms. The van der Waals surface area contributed by atoms with Crippen molar-refractivity contribution in [3.63, 3.8) is 0 Å². The predicted molar refractivity (Wildman–Crippen MR) is 48.4 cm³/mol. The van der Waals surface area contributed by atoms with Crippen LogP contribution in [0.3, 0.4) is 0 Å². The number of hydrogen-bond donors (Lipinski definition) is 0. The van der Waals surface area contributed by atoms with E-state index in [0.717, 1.165) is 36.9 Å². The summed E-state index contributed by atoms with van der Waals surface area (Å²) in [5.41, 5.74) is 2.48. The fourth-order valence-electron chi connectivity index (χ4n) is 1.66. The lowest BCUT2D eigenvalue weighted by atomic mass is 9.94. The van der Waals surface area contributed by atoms with Gasteiger partial charge < -0.3 is 0 Å². The number of fused-ring (bicyclic) bond motifs is 1. The van der Waals surface area contributed by atoms with Gasteiger partial charge in [0.2, 0.25) is 0 Å². The van der Waals surface area contributed by atoms with Crippen LogP contribution in [0, 0.1) is 11.3 Å². The molecule has 0 bridgehead atoms. The van der Waals surface area contributed by atoms with Crippen LogP contribution in [0.25, 0.3) is 0 Å². The maximum absolute atomic E-state index is 8.87. The van der Waals surface area contributed by atoms with E-state index in [1.165, 1.54) is 0 Å². The number of aryl methyl sites for hydroxylation is 1. The Morgan fingerprint density at radius 2 is 2.00 bits per heavy atom. The first-order valence-electron chi connectivity index (χ1n) is 4.27. The molecule has 1 aliphatic carbocycles. The Hall–Kier alpha value is -1.14. The topological polar surface area (TPSA) is 49.6 Å². The molecule has 0 amide bonds. The maximum Gasteiger partial charge on any atom is 0.169 e. The third-order valence-electron chi connectivity index (χ3n) is 2.32. The van der Waals surface area contributed by atoms with Crippen molar-refractivity contribution in [2.24, 2.45) is 0 Å². The third kappa shape index (κ3) is 1.38. The molecule has 0 unspecified atom stereocenters. The molecule has 0 saturated heterocycles. The highest BCUT2D eigenvalue weighted by atomic mass is 35.5. The zero-order valence-corrected chi connectivity index (χ0v) is 7.80. The van der Waals surface area contributed by atoms with E-state index in [1.54, 1.807) is 0 Å². The molecule has 0 saturated carbocycles. The Labute approximate surface area is 81.4 Å². The first kappa shape index (κ1) is 8.46. The van der Waals surface area contributed by atoms with Crippen LogP contribution in [0.2, 0.25) is 5.15 Å². The van der Waals surface area contributed by atoms with Crippen LogP contribution in [-0.4, -0.2) is 10.2 Å². The Bertz CT molecular complexity index is 381. The molecule has 1 aliphatic rings. The van der Waals surface area contributed by atoms with Gasteiger partial charge in [-0.1, -0.05) is 11.6 Å². The normalized spacial score (nSPS) is 14.8. The minimum atomic E-state index is 0.239. The number of nitriles is 1. The molecule has 3 nitrogen and oxygen atoms in total. The van der Waals surface area contributed by atoms with E-state index in [-0.39, 0.29) is 5.15 Å². The third-order valence-corrected chi connectivity index (χ3v) is 2.58. The molecule has 0 aromatic carbocycles. The zero-order valence-electron chi connectivity index (χ0n) is 7.05. The van der Waals surface area contributed by atoms with Gasteiger partial charge in [-0.25, -0.2) is 0 Å². The summed E-state index contributed by atoms with van der Waals surface area (Å²) in [4.78, 5) is 0. The second kappa shape index (κ2) is 3.31. The zero-order chi connectivity index (χ0) is 9.26. The van der Waals surface area contributed by atoms with Crippen molar-refractivity contribution in [2.45, 2.75) is 25.7 Å². The first-order valence-corrected chi connectivity index (χ1v) is 4.64. The lowest BCUT2D eigenvalue weighted by molar-refractivity contribution is 0.652. The molecule has 4 heteroatoms. The van der Waals surface area contributed by atoms with Crippen LogP contribution in [0.1, 0.15) is 29.7 Å². The second-order valence-electron chi connectivity index (χ2n) is 3.11. The number of hydrogen-bond acceptors (Lipinski definition) is 3.